The highest BCUT2D eigenvalue weighted by molar-refractivity contribution is 9.10. The molecule has 204 valence electrons. The quantitative estimate of drug-likeness (QED) is 0.125. The zero-order valence-corrected chi connectivity index (χ0v) is 24.6. The normalized spacial score (nSPS) is 12.8. The fourth-order valence-corrected chi connectivity index (χ4v) is 6.14. The van der Waals surface area contributed by atoms with Crippen LogP contribution >= 0.6 is 27.3 Å². The van der Waals surface area contributed by atoms with Gasteiger partial charge in [0.2, 0.25) is 6.41 Å². The number of thiazole rings is 1. The fraction of sp³-hybridized carbons (Fsp3) is 0.321. The Morgan fingerprint density at radius 3 is 2.85 bits per heavy atom. The van der Waals surface area contributed by atoms with E-state index < -0.39 is 0 Å². The van der Waals surface area contributed by atoms with Crippen molar-refractivity contribution < 1.29 is 14.3 Å². The molecule has 1 aliphatic rings. The molecule has 0 saturated heterocycles. The molecule has 0 saturated carbocycles. The predicted octanol–water partition coefficient (Wildman–Crippen LogP) is 5.54. The van der Waals surface area contributed by atoms with Gasteiger partial charge in [-0.2, -0.15) is 5.10 Å². The second-order valence-corrected chi connectivity index (χ2v) is 10.5. The minimum absolute atomic E-state index is 0.0580. The maximum absolute atomic E-state index is 13.2. The summed E-state index contributed by atoms with van der Waals surface area (Å²) in [6.07, 6.45) is 7.70. The number of amides is 2. The molecule has 0 spiro atoms. The van der Waals surface area contributed by atoms with Crippen LogP contribution in [0.15, 0.2) is 46.0 Å². The standard InChI is InChI=1S/C28H31BrN6O3S/c1-5-8-19(16-30-4)24-20-10-11-22-26(39-28(32-22)31-17-36)25(20)35(33-24)23-12-9-18(15-21(23)29)27(37)34(6-2)13-14-38-7-3/h5,8-9,12,15-17H,4,6-7,10-11,13-14H2,1-3H3,(H,31,32,36)/b8-5-,19-16+. The van der Waals surface area contributed by atoms with Crippen molar-refractivity contribution in [2.24, 2.45) is 4.99 Å². The van der Waals surface area contributed by atoms with Crippen molar-refractivity contribution in [3.63, 3.8) is 0 Å². The third kappa shape index (κ3) is 5.95. The Bertz CT molecular complexity index is 1440. The first-order chi connectivity index (χ1) is 19.0. The Morgan fingerprint density at radius 1 is 1.36 bits per heavy atom. The first-order valence-electron chi connectivity index (χ1n) is 12.7. The van der Waals surface area contributed by atoms with Crippen LogP contribution in [0.3, 0.4) is 0 Å². The molecule has 0 fully saturated rings. The van der Waals surface area contributed by atoms with Crippen molar-refractivity contribution >= 4 is 57.0 Å². The largest absolute Gasteiger partial charge is 0.380 e. The zero-order chi connectivity index (χ0) is 27.9. The van der Waals surface area contributed by atoms with Gasteiger partial charge in [-0.05, 0) is 74.5 Å². The smallest absolute Gasteiger partial charge is 0.253 e. The number of nitrogens with zero attached hydrogens (tertiary/aromatic N) is 5. The summed E-state index contributed by atoms with van der Waals surface area (Å²) in [5.41, 5.74) is 5.90. The molecule has 2 heterocycles. The lowest BCUT2D eigenvalue weighted by molar-refractivity contribution is -0.105. The molecule has 0 atom stereocenters. The highest BCUT2D eigenvalue weighted by Gasteiger charge is 2.30. The second-order valence-electron chi connectivity index (χ2n) is 8.66. The Hall–Kier alpha value is -3.41. The molecule has 4 rings (SSSR count). The van der Waals surface area contributed by atoms with Crippen molar-refractivity contribution in [3.05, 3.63) is 63.5 Å². The maximum Gasteiger partial charge on any atom is 0.253 e. The molecular weight excluding hydrogens is 580 g/mol. The van der Waals surface area contributed by atoms with Gasteiger partial charge < -0.3 is 15.0 Å². The van der Waals surface area contributed by atoms with Gasteiger partial charge in [0, 0.05) is 47.1 Å². The van der Waals surface area contributed by atoms with Gasteiger partial charge >= 0.3 is 0 Å². The average molecular weight is 612 g/mol. The Kier molecular flexibility index (Phi) is 9.60. The van der Waals surface area contributed by atoms with E-state index in [0.29, 0.717) is 43.4 Å². The average Bonchev–Trinajstić information content (AvgIpc) is 3.52. The molecule has 0 radical (unpaired) electrons. The van der Waals surface area contributed by atoms with Crippen LogP contribution in [0.1, 0.15) is 48.1 Å². The Morgan fingerprint density at radius 2 is 2.18 bits per heavy atom. The topological polar surface area (TPSA) is 102 Å². The summed E-state index contributed by atoms with van der Waals surface area (Å²) < 4.78 is 8.06. The predicted molar refractivity (Wildman–Crippen MR) is 160 cm³/mol. The van der Waals surface area contributed by atoms with Crippen molar-refractivity contribution in [2.45, 2.75) is 33.6 Å². The van der Waals surface area contributed by atoms with Crippen LogP contribution in [-0.2, 0) is 22.4 Å². The van der Waals surface area contributed by atoms with Crippen LogP contribution in [0.2, 0.25) is 0 Å². The van der Waals surface area contributed by atoms with E-state index in [1.54, 1.807) is 11.1 Å². The number of allylic oxidation sites excluding steroid dienone is 3. The summed E-state index contributed by atoms with van der Waals surface area (Å²) in [5.74, 6) is -0.0580. The SMILES string of the molecule is C=N/C=C(\C=C/C)c1nn(-c2ccc(C(=O)N(CC)CCOCC)cc2Br)c2c1CCc1nc(NC=O)sc1-2. The summed E-state index contributed by atoms with van der Waals surface area (Å²) in [5, 5.41) is 8.27. The van der Waals surface area contributed by atoms with Crippen LogP contribution in [-0.4, -0.2) is 65.0 Å². The van der Waals surface area contributed by atoms with Gasteiger partial charge in [-0.15, -0.1) is 0 Å². The number of nitrogens with one attached hydrogen (secondary N) is 1. The van der Waals surface area contributed by atoms with E-state index in [0.717, 1.165) is 56.1 Å². The van der Waals surface area contributed by atoms with Crippen LogP contribution in [0.5, 0.6) is 0 Å². The summed E-state index contributed by atoms with van der Waals surface area (Å²) in [7, 11) is 0. The number of aromatic nitrogens is 3. The van der Waals surface area contributed by atoms with Gasteiger partial charge in [0.15, 0.2) is 5.13 Å². The van der Waals surface area contributed by atoms with Gasteiger partial charge in [-0.1, -0.05) is 23.5 Å². The molecule has 39 heavy (non-hydrogen) atoms. The van der Waals surface area contributed by atoms with Crippen LogP contribution in [0.4, 0.5) is 5.13 Å². The number of fused-ring (bicyclic) bond motifs is 3. The van der Waals surface area contributed by atoms with E-state index in [1.165, 1.54) is 11.3 Å². The minimum atomic E-state index is -0.0580. The monoisotopic (exact) mass is 610 g/mol. The van der Waals surface area contributed by atoms with Gasteiger partial charge in [-0.3, -0.25) is 14.6 Å². The molecule has 1 aromatic carbocycles. The molecule has 11 heteroatoms. The Labute approximate surface area is 240 Å². The number of ether oxygens (including phenoxy) is 1. The number of carbonyl (C=O) groups is 2. The number of halogens is 1. The maximum atomic E-state index is 13.2. The van der Waals surface area contributed by atoms with E-state index >= 15 is 0 Å². The van der Waals surface area contributed by atoms with Gasteiger partial charge in [0.1, 0.15) is 0 Å². The van der Waals surface area contributed by atoms with E-state index in [4.69, 9.17) is 9.84 Å². The Balaban J connectivity index is 1.83. The van der Waals surface area contributed by atoms with Crippen molar-refractivity contribution in [1.82, 2.24) is 19.7 Å². The summed E-state index contributed by atoms with van der Waals surface area (Å²) in [6.45, 7) is 11.7. The second kappa shape index (κ2) is 13.1. The number of hydrogen-bond donors (Lipinski definition) is 1. The number of anilines is 1. The number of hydrogen-bond acceptors (Lipinski definition) is 7. The molecule has 1 aliphatic carbocycles. The first kappa shape index (κ1) is 28.6. The van der Waals surface area contributed by atoms with E-state index in [1.807, 2.05) is 55.8 Å². The lowest BCUT2D eigenvalue weighted by Crippen LogP contribution is -2.33. The van der Waals surface area contributed by atoms with Crippen LogP contribution in [0.25, 0.3) is 21.8 Å². The highest BCUT2D eigenvalue weighted by atomic mass is 79.9. The van der Waals surface area contributed by atoms with Crippen molar-refractivity contribution in [2.75, 3.05) is 31.6 Å². The van der Waals surface area contributed by atoms with Gasteiger partial charge in [0.25, 0.3) is 5.91 Å². The lowest BCUT2D eigenvalue weighted by Gasteiger charge is -2.21. The molecule has 2 aromatic heterocycles. The molecule has 1 N–H and O–H groups in total. The van der Waals surface area contributed by atoms with Crippen LogP contribution < -0.4 is 5.32 Å². The van der Waals surface area contributed by atoms with E-state index in [9.17, 15) is 9.59 Å². The molecular formula is C28H31BrN6O3S. The van der Waals surface area contributed by atoms with E-state index in [-0.39, 0.29) is 5.91 Å². The fourth-order valence-electron chi connectivity index (χ4n) is 4.57. The molecule has 2 amide bonds. The summed E-state index contributed by atoms with van der Waals surface area (Å²) in [4.78, 5) is 35.7. The number of carbonyl (C=O) groups excluding carboxylic acids is 2. The summed E-state index contributed by atoms with van der Waals surface area (Å²) in [6, 6.07) is 5.55. The van der Waals surface area contributed by atoms with Crippen molar-refractivity contribution in [1.29, 1.82) is 0 Å². The number of likely N-dealkylation sites (N-methyl/N-ethyl adjacent to an activating group) is 1. The van der Waals surface area contributed by atoms with Gasteiger partial charge in [-0.25, -0.2) is 9.67 Å². The van der Waals surface area contributed by atoms with Crippen molar-refractivity contribution in [3.8, 4) is 16.3 Å². The first-order valence-corrected chi connectivity index (χ1v) is 14.4. The van der Waals surface area contributed by atoms with Crippen LogP contribution in [0, 0.1) is 0 Å². The van der Waals surface area contributed by atoms with Gasteiger partial charge in [0.05, 0.1) is 34.3 Å². The highest BCUT2D eigenvalue weighted by Crippen LogP contribution is 2.44. The third-order valence-corrected chi connectivity index (χ3v) is 8.01. The third-order valence-electron chi connectivity index (χ3n) is 6.34. The minimum Gasteiger partial charge on any atom is -0.380 e. The molecule has 0 bridgehead atoms. The molecule has 0 aliphatic heterocycles. The number of benzene rings is 1. The van der Waals surface area contributed by atoms with E-state index in [2.05, 4.69) is 37.9 Å². The number of aliphatic imine (C=N–C) groups is 1. The zero-order valence-electron chi connectivity index (χ0n) is 22.2. The number of rotatable bonds is 12. The number of aryl methyl sites for hydroxylation is 1. The molecule has 3 aromatic rings. The summed E-state index contributed by atoms with van der Waals surface area (Å²) >= 11 is 5.13. The lowest BCUT2D eigenvalue weighted by atomic mass is 9.95. The molecule has 9 nitrogen and oxygen atoms in total. The molecule has 0 unspecified atom stereocenters.